The van der Waals surface area contributed by atoms with E-state index < -0.39 is 17.3 Å². The Kier molecular flexibility index (Phi) is 2.49. The molecule has 0 aromatic heterocycles. The highest BCUT2D eigenvalue weighted by Crippen LogP contribution is 2.29. The van der Waals surface area contributed by atoms with Crippen LogP contribution in [0.5, 0.6) is 0 Å². The van der Waals surface area contributed by atoms with Crippen LogP contribution >= 0.6 is 31.9 Å². The first kappa shape index (κ1) is 8.93. The summed E-state index contributed by atoms with van der Waals surface area (Å²) in [6.45, 7) is 0. The van der Waals surface area contributed by atoms with Gasteiger partial charge in [0.15, 0.2) is 11.6 Å². The molecule has 60 valence electrons. The maximum absolute atomic E-state index is 12.7. The zero-order chi connectivity index (χ0) is 8.59. The van der Waals surface area contributed by atoms with E-state index in [9.17, 15) is 8.78 Å². The summed E-state index contributed by atoms with van der Waals surface area (Å²) in [6, 6.07) is 1.26. The molecule has 0 saturated heterocycles. The van der Waals surface area contributed by atoms with Crippen LogP contribution in [0.2, 0.25) is 0 Å². The Balaban J connectivity index is 3.46. The van der Waals surface area contributed by atoms with Crippen LogP contribution in [0.3, 0.4) is 0 Å². The lowest BCUT2D eigenvalue weighted by molar-refractivity contribution is 0.583. The van der Waals surface area contributed by atoms with Gasteiger partial charge in [-0.15, -0.1) is 0 Å². The Bertz CT molecular complexity index is 275. The summed E-state index contributed by atoms with van der Waals surface area (Å²) in [7, 11) is 0. The molecule has 0 fully saturated rings. The molecule has 0 aliphatic rings. The molecule has 0 heterocycles. The predicted octanol–water partition coefficient (Wildman–Crippen LogP) is 3.07. The molecule has 0 bridgehead atoms. The van der Waals surface area contributed by atoms with Gasteiger partial charge in [-0.1, -0.05) is 0 Å². The van der Waals surface area contributed by atoms with E-state index >= 15 is 0 Å². The van der Waals surface area contributed by atoms with Crippen LogP contribution in [0.15, 0.2) is 15.0 Å². The van der Waals surface area contributed by atoms with Gasteiger partial charge in [0.2, 0.25) is 0 Å². The van der Waals surface area contributed by atoms with Crippen LogP contribution in [-0.4, -0.2) is 0 Å². The number of anilines is 1. The van der Waals surface area contributed by atoms with Gasteiger partial charge in [-0.3, -0.25) is 0 Å². The number of nitrogen functional groups attached to an aromatic ring is 1. The minimum Gasteiger partial charge on any atom is -0.394 e. The van der Waals surface area contributed by atoms with Gasteiger partial charge in [0.05, 0.1) is 8.95 Å². The summed E-state index contributed by atoms with van der Waals surface area (Å²) in [5.41, 5.74) is 4.59. The fourth-order valence-corrected chi connectivity index (χ4v) is 1.78. The topological polar surface area (TPSA) is 26.0 Å². The molecule has 0 aliphatic heterocycles. The normalized spacial score (nSPS) is 10.2. The first-order valence-corrected chi connectivity index (χ1v) is 4.21. The number of hydrogen-bond donors (Lipinski definition) is 1. The summed E-state index contributed by atoms with van der Waals surface area (Å²) in [6.07, 6.45) is 0. The summed E-state index contributed by atoms with van der Waals surface area (Å²) >= 11 is 5.76. The Morgan fingerprint density at radius 2 is 1.45 bits per heavy atom. The Morgan fingerprint density at radius 1 is 1.09 bits per heavy atom. The quantitative estimate of drug-likeness (QED) is 0.576. The highest BCUT2D eigenvalue weighted by molar-refractivity contribution is 9.11. The van der Waals surface area contributed by atoms with Crippen molar-refractivity contribution in [1.82, 2.24) is 0 Å². The molecule has 1 aromatic rings. The summed E-state index contributed by atoms with van der Waals surface area (Å²) in [4.78, 5) is 0. The van der Waals surface area contributed by atoms with E-state index in [1.54, 1.807) is 0 Å². The number of halogens is 4. The first-order chi connectivity index (χ1) is 5.04. The van der Waals surface area contributed by atoms with Crippen molar-refractivity contribution in [1.29, 1.82) is 0 Å². The maximum Gasteiger partial charge on any atom is 0.163 e. The first-order valence-electron chi connectivity index (χ1n) is 2.62. The number of benzene rings is 1. The molecule has 0 radical (unpaired) electrons. The molecule has 5 heteroatoms. The van der Waals surface area contributed by atoms with E-state index in [-0.39, 0.29) is 8.95 Å². The van der Waals surface area contributed by atoms with Gasteiger partial charge in [-0.25, -0.2) is 8.78 Å². The number of nitrogens with two attached hydrogens (primary N) is 1. The lowest BCUT2D eigenvalue weighted by Gasteiger charge is -2.02. The van der Waals surface area contributed by atoms with E-state index in [0.29, 0.717) is 0 Å². The molecule has 0 unspecified atom stereocenters. The van der Waals surface area contributed by atoms with Crippen molar-refractivity contribution in [2.24, 2.45) is 0 Å². The monoisotopic (exact) mass is 285 g/mol. The van der Waals surface area contributed by atoms with Gasteiger partial charge in [0.1, 0.15) is 5.69 Å². The van der Waals surface area contributed by atoms with Crippen molar-refractivity contribution >= 4 is 37.5 Å². The maximum atomic E-state index is 12.7. The SMILES string of the molecule is Nc1c(F)c(Br)cc(Br)c1F. The van der Waals surface area contributed by atoms with Crippen molar-refractivity contribution in [3.05, 3.63) is 26.6 Å². The highest BCUT2D eigenvalue weighted by atomic mass is 79.9. The molecule has 0 aliphatic carbocycles. The van der Waals surface area contributed by atoms with Crippen LogP contribution in [0.4, 0.5) is 14.5 Å². The van der Waals surface area contributed by atoms with E-state index in [1.165, 1.54) is 6.07 Å². The van der Waals surface area contributed by atoms with Gasteiger partial charge in [0, 0.05) is 0 Å². The van der Waals surface area contributed by atoms with Crippen LogP contribution in [0, 0.1) is 11.6 Å². The predicted molar refractivity (Wildman–Crippen MR) is 46.2 cm³/mol. The zero-order valence-corrected chi connectivity index (χ0v) is 8.34. The molecule has 2 N–H and O–H groups in total. The van der Waals surface area contributed by atoms with Crippen molar-refractivity contribution in [3.8, 4) is 0 Å². The van der Waals surface area contributed by atoms with E-state index in [0.717, 1.165) is 0 Å². The molecule has 1 rings (SSSR count). The van der Waals surface area contributed by atoms with Gasteiger partial charge < -0.3 is 5.73 Å². The second kappa shape index (κ2) is 3.06. The fourth-order valence-electron chi connectivity index (χ4n) is 0.592. The average Bonchev–Trinajstić information content (AvgIpc) is 1.97. The third-order valence-corrected chi connectivity index (χ3v) is 2.30. The lowest BCUT2D eigenvalue weighted by atomic mass is 10.3. The Hall–Kier alpha value is -0.160. The Morgan fingerprint density at radius 3 is 1.82 bits per heavy atom. The van der Waals surface area contributed by atoms with Crippen LogP contribution in [0.1, 0.15) is 0 Å². The van der Waals surface area contributed by atoms with Crippen molar-refractivity contribution < 1.29 is 8.78 Å². The minimum absolute atomic E-state index is 0.142. The largest absolute Gasteiger partial charge is 0.394 e. The van der Waals surface area contributed by atoms with Gasteiger partial charge >= 0.3 is 0 Å². The van der Waals surface area contributed by atoms with Crippen LogP contribution in [0.25, 0.3) is 0 Å². The van der Waals surface area contributed by atoms with Crippen molar-refractivity contribution in [3.63, 3.8) is 0 Å². The van der Waals surface area contributed by atoms with Crippen LogP contribution in [-0.2, 0) is 0 Å². The second-order valence-electron chi connectivity index (χ2n) is 1.88. The minimum atomic E-state index is -0.773. The third kappa shape index (κ3) is 1.54. The smallest absolute Gasteiger partial charge is 0.163 e. The molecule has 0 atom stereocenters. The lowest BCUT2D eigenvalue weighted by Crippen LogP contribution is -1.96. The highest BCUT2D eigenvalue weighted by Gasteiger charge is 2.12. The molecule has 11 heavy (non-hydrogen) atoms. The summed E-state index contributed by atoms with van der Waals surface area (Å²) in [5, 5.41) is 0. The van der Waals surface area contributed by atoms with Gasteiger partial charge in [-0.2, -0.15) is 0 Å². The van der Waals surface area contributed by atoms with E-state index in [4.69, 9.17) is 5.73 Å². The fraction of sp³-hybridized carbons (Fsp3) is 0. The molecule has 0 spiro atoms. The number of rotatable bonds is 0. The summed E-state index contributed by atoms with van der Waals surface area (Å²) in [5.74, 6) is -1.54. The molecule has 0 saturated carbocycles. The van der Waals surface area contributed by atoms with Crippen LogP contribution < -0.4 is 5.73 Å². The second-order valence-corrected chi connectivity index (χ2v) is 3.59. The van der Waals surface area contributed by atoms with Gasteiger partial charge in [-0.05, 0) is 37.9 Å². The molecule has 0 amide bonds. The molecule has 1 nitrogen and oxygen atoms in total. The van der Waals surface area contributed by atoms with Crippen molar-refractivity contribution in [2.75, 3.05) is 5.73 Å². The molecular weight excluding hydrogens is 284 g/mol. The zero-order valence-electron chi connectivity index (χ0n) is 5.17. The third-order valence-electron chi connectivity index (χ3n) is 1.15. The van der Waals surface area contributed by atoms with E-state index in [2.05, 4.69) is 31.9 Å². The molecule has 1 aromatic carbocycles. The molecular formula is C6H3Br2F2N. The van der Waals surface area contributed by atoms with E-state index in [1.807, 2.05) is 0 Å². The van der Waals surface area contributed by atoms with Crippen molar-refractivity contribution in [2.45, 2.75) is 0 Å². The number of hydrogen-bond acceptors (Lipinski definition) is 1. The Labute approximate surface area is 78.8 Å². The average molecular weight is 287 g/mol. The standard InChI is InChI=1S/C6H3Br2F2N/c7-2-1-3(8)5(10)6(11)4(2)9/h1H,11H2. The summed E-state index contributed by atoms with van der Waals surface area (Å²) < 4.78 is 25.8. The van der Waals surface area contributed by atoms with Gasteiger partial charge in [0.25, 0.3) is 0 Å².